The number of pyridine rings is 1. The summed E-state index contributed by atoms with van der Waals surface area (Å²) in [4.78, 5) is 16.5. The molecule has 0 fully saturated rings. The fraction of sp³-hybridized carbons (Fsp3) is 0.200. The molecule has 0 saturated carbocycles. The number of hydrogen-bond donors (Lipinski definition) is 1. The number of carbonyl (C=O) groups is 1. The minimum Gasteiger partial charge on any atom is -0.496 e. The number of hydrogen-bond acceptors (Lipinski definition) is 3. The third-order valence-corrected chi connectivity index (χ3v) is 3.32. The number of anilines is 1. The van der Waals surface area contributed by atoms with Crippen LogP contribution in [0.15, 0.2) is 34.9 Å². The molecule has 0 spiro atoms. The maximum atomic E-state index is 12.4. The van der Waals surface area contributed by atoms with E-state index in [0.717, 1.165) is 15.6 Å². The molecule has 1 heterocycles. The number of aryl methyl sites for hydroxylation is 2. The molecule has 0 saturated heterocycles. The Labute approximate surface area is 126 Å². The summed E-state index contributed by atoms with van der Waals surface area (Å²) in [5.74, 6) is 0.841. The summed E-state index contributed by atoms with van der Waals surface area (Å²) in [6.07, 6.45) is 1.62. The highest BCUT2D eigenvalue weighted by Crippen LogP contribution is 2.26. The summed E-state index contributed by atoms with van der Waals surface area (Å²) in [6, 6.07) is 7.33. The molecule has 0 aliphatic heterocycles. The molecular formula is C15H15BrN2O2. The summed E-state index contributed by atoms with van der Waals surface area (Å²) in [5.41, 5.74) is 2.45. The normalized spacial score (nSPS) is 10.2. The molecule has 1 N–H and O–H groups in total. The molecule has 2 aromatic rings. The fourth-order valence-electron chi connectivity index (χ4n) is 2.05. The maximum absolute atomic E-state index is 12.4. The van der Waals surface area contributed by atoms with Crippen LogP contribution in [-0.4, -0.2) is 18.0 Å². The standard InChI is InChI=1S/C15H15BrN2O2/c1-9-6-10(2)14(20-3)12(7-9)15(19)18-13-8-11(16)4-5-17-13/h4-8H,1-3H3,(H,17,18,19). The number of rotatable bonds is 3. The zero-order valence-electron chi connectivity index (χ0n) is 11.5. The van der Waals surface area contributed by atoms with Crippen LogP contribution >= 0.6 is 15.9 Å². The topological polar surface area (TPSA) is 51.2 Å². The van der Waals surface area contributed by atoms with Crippen molar-refractivity contribution >= 4 is 27.7 Å². The highest BCUT2D eigenvalue weighted by molar-refractivity contribution is 9.10. The summed E-state index contributed by atoms with van der Waals surface area (Å²) in [5, 5.41) is 2.77. The van der Waals surface area contributed by atoms with Crippen molar-refractivity contribution in [1.29, 1.82) is 0 Å². The second kappa shape index (κ2) is 6.05. The van der Waals surface area contributed by atoms with E-state index in [0.29, 0.717) is 17.1 Å². The number of halogens is 1. The first-order chi connectivity index (χ1) is 9.51. The molecule has 0 unspecified atom stereocenters. The van der Waals surface area contributed by atoms with E-state index in [4.69, 9.17) is 4.74 Å². The Hall–Kier alpha value is -1.88. The van der Waals surface area contributed by atoms with Gasteiger partial charge in [0.2, 0.25) is 0 Å². The quantitative estimate of drug-likeness (QED) is 0.930. The first-order valence-corrected chi connectivity index (χ1v) is 6.88. The van der Waals surface area contributed by atoms with Gasteiger partial charge in [0.05, 0.1) is 12.7 Å². The van der Waals surface area contributed by atoms with E-state index < -0.39 is 0 Å². The van der Waals surface area contributed by atoms with Gasteiger partial charge in [-0.05, 0) is 43.2 Å². The minimum atomic E-state index is -0.237. The van der Waals surface area contributed by atoms with Crippen molar-refractivity contribution < 1.29 is 9.53 Å². The second-order valence-electron chi connectivity index (χ2n) is 4.48. The first kappa shape index (κ1) is 14.5. The van der Waals surface area contributed by atoms with Crippen LogP contribution in [0, 0.1) is 13.8 Å². The Kier molecular flexibility index (Phi) is 4.39. The lowest BCUT2D eigenvalue weighted by Gasteiger charge is -2.12. The van der Waals surface area contributed by atoms with Gasteiger partial charge in [0, 0.05) is 10.7 Å². The molecule has 0 bridgehead atoms. The SMILES string of the molecule is COc1c(C)cc(C)cc1C(=O)Nc1cc(Br)ccn1. The van der Waals surface area contributed by atoms with Crippen LogP contribution in [0.25, 0.3) is 0 Å². The molecule has 0 aliphatic rings. The van der Waals surface area contributed by atoms with Gasteiger partial charge in [-0.25, -0.2) is 4.98 Å². The zero-order valence-corrected chi connectivity index (χ0v) is 13.1. The van der Waals surface area contributed by atoms with Crippen molar-refractivity contribution in [2.75, 3.05) is 12.4 Å². The number of carbonyl (C=O) groups excluding carboxylic acids is 1. The van der Waals surface area contributed by atoms with E-state index in [-0.39, 0.29) is 5.91 Å². The highest BCUT2D eigenvalue weighted by Gasteiger charge is 2.15. The van der Waals surface area contributed by atoms with Crippen LogP contribution in [0.1, 0.15) is 21.5 Å². The predicted molar refractivity (Wildman–Crippen MR) is 82.4 cm³/mol. The van der Waals surface area contributed by atoms with Crippen molar-refractivity contribution in [3.63, 3.8) is 0 Å². The van der Waals surface area contributed by atoms with Crippen molar-refractivity contribution in [1.82, 2.24) is 4.98 Å². The lowest BCUT2D eigenvalue weighted by Crippen LogP contribution is -2.15. The van der Waals surface area contributed by atoms with Crippen LogP contribution in [0.4, 0.5) is 5.82 Å². The summed E-state index contributed by atoms with van der Waals surface area (Å²) in [7, 11) is 1.56. The summed E-state index contributed by atoms with van der Waals surface area (Å²) < 4.78 is 6.18. The molecule has 1 amide bonds. The molecule has 104 valence electrons. The van der Waals surface area contributed by atoms with Gasteiger partial charge in [-0.15, -0.1) is 0 Å². The van der Waals surface area contributed by atoms with Crippen molar-refractivity contribution in [2.24, 2.45) is 0 Å². The number of aromatic nitrogens is 1. The number of ether oxygens (including phenoxy) is 1. The van der Waals surface area contributed by atoms with Gasteiger partial charge in [-0.3, -0.25) is 4.79 Å². The number of nitrogens with one attached hydrogen (secondary N) is 1. The van der Waals surface area contributed by atoms with Crippen molar-refractivity contribution in [3.8, 4) is 5.75 Å². The monoisotopic (exact) mass is 334 g/mol. The van der Waals surface area contributed by atoms with Gasteiger partial charge in [0.1, 0.15) is 11.6 Å². The van der Waals surface area contributed by atoms with Gasteiger partial charge in [-0.1, -0.05) is 22.0 Å². The van der Waals surface area contributed by atoms with Gasteiger partial charge in [0.25, 0.3) is 5.91 Å². The predicted octanol–water partition coefficient (Wildman–Crippen LogP) is 3.72. The average molecular weight is 335 g/mol. The van der Waals surface area contributed by atoms with E-state index in [9.17, 15) is 4.79 Å². The Morgan fingerprint density at radius 3 is 2.70 bits per heavy atom. The highest BCUT2D eigenvalue weighted by atomic mass is 79.9. The molecule has 0 aliphatic carbocycles. The van der Waals surface area contributed by atoms with Gasteiger partial charge < -0.3 is 10.1 Å². The third-order valence-electron chi connectivity index (χ3n) is 2.83. The lowest BCUT2D eigenvalue weighted by molar-refractivity contribution is 0.102. The maximum Gasteiger partial charge on any atom is 0.260 e. The smallest absolute Gasteiger partial charge is 0.260 e. The Balaban J connectivity index is 2.34. The molecule has 2 rings (SSSR count). The number of methoxy groups -OCH3 is 1. The van der Waals surface area contributed by atoms with E-state index in [2.05, 4.69) is 26.2 Å². The van der Waals surface area contributed by atoms with Gasteiger partial charge >= 0.3 is 0 Å². The molecule has 0 atom stereocenters. The van der Waals surface area contributed by atoms with Crippen molar-refractivity contribution in [2.45, 2.75) is 13.8 Å². The second-order valence-corrected chi connectivity index (χ2v) is 5.39. The van der Waals surface area contributed by atoms with Crippen LogP contribution < -0.4 is 10.1 Å². The molecule has 4 nitrogen and oxygen atoms in total. The van der Waals surface area contributed by atoms with Crippen molar-refractivity contribution in [3.05, 3.63) is 51.6 Å². The minimum absolute atomic E-state index is 0.237. The van der Waals surface area contributed by atoms with Crippen LogP contribution in [0.2, 0.25) is 0 Å². The van der Waals surface area contributed by atoms with Crippen LogP contribution in [0.3, 0.4) is 0 Å². The third kappa shape index (κ3) is 3.17. The Bertz CT molecular complexity index is 656. The molecule has 5 heteroatoms. The van der Waals surface area contributed by atoms with Crippen LogP contribution in [0.5, 0.6) is 5.75 Å². The fourth-order valence-corrected chi connectivity index (χ4v) is 2.39. The Morgan fingerprint density at radius 1 is 1.30 bits per heavy atom. The lowest BCUT2D eigenvalue weighted by atomic mass is 10.0. The molecule has 1 aromatic carbocycles. The summed E-state index contributed by atoms with van der Waals surface area (Å²) >= 11 is 3.34. The Morgan fingerprint density at radius 2 is 2.05 bits per heavy atom. The van der Waals surface area contributed by atoms with E-state index in [1.807, 2.05) is 19.9 Å². The molecular weight excluding hydrogens is 320 g/mol. The number of amides is 1. The largest absolute Gasteiger partial charge is 0.496 e. The number of benzene rings is 1. The zero-order chi connectivity index (χ0) is 14.7. The van der Waals surface area contributed by atoms with Crippen LogP contribution in [-0.2, 0) is 0 Å². The van der Waals surface area contributed by atoms with Gasteiger partial charge in [-0.2, -0.15) is 0 Å². The molecule has 1 aromatic heterocycles. The summed E-state index contributed by atoms with van der Waals surface area (Å²) in [6.45, 7) is 3.86. The van der Waals surface area contributed by atoms with Gasteiger partial charge in [0.15, 0.2) is 0 Å². The average Bonchev–Trinajstić information content (AvgIpc) is 2.37. The van der Waals surface area contributed by atoms with E-state index in [1.165, 1.54) is 0 Å². The molecule has 20 heavy (non-hydrogen) atoms. The molecule has 0 radical (unpaired) electrons. The van der Waals surface area contributed by atoms with E-state index >= 15 is 0 Å². The van der Waals surface area contributed by atoms with E-state index in [1.54, 1.807) is 31.5 Å². The first-order valence-electron chi connectivity index (χ1n) is 6.09. The number of nitrogens with zero attached hydrogens (tertiary/aromatic N) is 1.